The van der Waals surface area contributed by atoms with E-state index >= 15 is 0 Å². The average molecular weight is 396 g/mol. The van der Waals surface area contributed by atoms with Crippen molar-refractivity contribution in [3.8, 4) is 0 Å². The fourth-order valence-electron chi connectivity index (χ4n) is 3.18. The normalized spacial score (nSPS) is 12.3. The van der Waals surface area contributed by atoms with Gasteiger partial charge in [-0.25, -0.2) is 0 Å². The van der Waals surface area contributed by atoms with E-state index in [4.69, 9.17) is 11.6 Å². The molecular weight excluding hydrogens is 378 g/mol. The van der Waals surface area contributed by atoms with E-state index in [0.29, 0.717) is 9.90 Å². The molecule has 0 saturated carbocycles. The lowest BCUT2D eigenvalue weighted by Crippen LogP contribution is -2.28. The highest BCUT2D eigenvalue weighted by atomic mass is 35.5. The predicted molar refractivity (Wildman–Crippen MR) is 111 cm³/mol. The molecule has 6 heteroatoms. The maximum atomic E-state index is 13.0. The summed E-state index contributed by atoms with van der Waals surface area (Å²) in [5.74, 6) is -0.0978. The number of hydrogen-bond donors (Lipinski definition) is 1. The molecule has 27 heavy (non-hydrogen) atoms. The van der Waals surface area contributed by atoms with Crippen molar-refractivity contribution >= 4 is 39.1 Å². The topological polar surface area (TPSA) is 46.9 Å². The molecule has 0 fully saturated rings. The molecule has 0 aliphatic carbocycles. The zero-order valence-corrected chi connectivity index (χ0v) is 16.5. The van der Waals surface area contributed by atoms with Gasteiger partial charge in [0, 0.05) is 17.5 Å². The molecule has 2 heterocycles. The van der Waals surface area contributed by atoms with E-state index in [1.807, 2.05) is 79.3 Å². The summed E-state index contributed by atoms with van der Waals surface area (Å²) in [6.07, 6.45) is 0. The Labute approximate surface area is 166 Å². The number of halogens is 1. The number of rotatable bonds is 4. The van der Waals surface area contributed by atoms with Gasteiger partial charge >= 0.3 is 0 Å². The Morgan fingerprint density at radius 1 is 1.11 bits per heavy atom. The summed E-state index contributed by atoms with van der Waals surface area (Å²) in [4.78, 5) is 14.7. The molecule has 1 unspecified atom stereocenters. The molecule has 1 amide bonds. The van der Waals surface area contributed by atoms with Crippen LogP contribution in [0, 0.1) is 6.92 Å². The molecule has 0 bridgehead atoms. The van der Waals surface area contributed by atoms with E-state index in [9.17, 15) is 4.79 Å². The maximum absolute atomic E-state index is 13.0. The van der Waals surface area contributed by atoms with E-state index in [-0.39, 0.29) is 11.9 Å². The lowest BCUT2D eigenvalue weighted by atomic mass is 9.98. The first kappa shape index (κ1) is 17.8. The van der Waals surface area contributed by atoms with E-state index in [1.54, 1.807) is 0 Å². The third-order valence-electron chi connectivity index (χ3n) is 4.53. The zero-order valence-electron chi connectivity index (χ0n) is 14.9. The van der Waals surface area contributed by atoms with Crippen LogP contribution < -0.4 is 5.32 Å². The van der Waals surface area contributed by atoms with E-state index in [1.165, 1.54) is 11.3 Å². The number of carbonyl (C=O) groups is 1. The Kier molecular flexibility index (Phi) is 4.72. The van der Waals surface area contributed by atoms with Gasteiger partial charge < -0.3 is 5.32 Å². The van der Waals surface area contributed by atoms with Crippen molar-refractivity contribution in [2.75, 3.05) is 0 Å². The van der Waals surface area contributed by atoms with Gasteiger partial charge in [-0.1, -0.05) is 54.1 Å². The van der Waals surface area contributed by atoms with Crippen molar-refractivity contribution in [2.45, 2.75) is 13.0 Å². The van der Waals surface area contributed by atoms with E-state index in [2.05, 4.69) is 10.4 Å². The molecular formula is C21H18ClN3OS. The predicted octanol–water partition coefficient (Wildman–Crippen LogP) is 5.12. The van der Waals surface area contributed by atoms with Crippen LogP contribution in [0.4, 0.5) is 0 Å². The highest BCUT2D eigenvalue weighted by Crippen LogP contribution is 2.29. The number of amides is 1. The lowest BCUT2D eigenvalue weighted by Gasteiger charge is -2.19. The number of thiophene rings is 1. The molecule has 2 aromatic carbocycles. The molecule has 4 rings (SSSR count). The highest BCUT2D eigenvalue weighted by molar-refractivity contribution is 7.20. The second-order valence-electron chi connectivity index (χ2n) is 6.41. The standard InChI is InChI=1S/C21H18ClN3OS/c1-13-17-12-18(27-21(17)25(2)24-13)20(26)23-19(14-6-4-3-5-7-14)15-8-10-16(22)11-9-15/h3-12,19H,1-2H3,(H,23,26). The third-order valence-corrected chi connectivity index (χ3v) is 5.98. The van der Waals surface area contributed by atoms with Gasteiger partial charge in [-0.15, -0.1) is 11.3 Å². The minimum Gasteiger partial charge on any atom is -0.340 e. The van der Waals surface area contributed by atoms with Crippen LogP contribution in [0.25, 0.3) is 10.2 Å². The van der Waals surface area contributed by atoms with E-state index < -0.39 is 0 Å². The molecule has 2 aromatic heterocycles. The second-order valence-corrected chi connectivity index (χ2v) is 7.87. The first-order valence-electron chi connectivity index (χ1n) is 8.57. The molecule has 136 valence electrons. The first-order chi connectivity index (χ1) is 13.0. The van der Waals surface area contributed by atoms with Crippen LogP contribution >= 0.6 is 22.9 Å². The van der Waals surface area contributed by atoms with Crippen LogP contribution in [0.5, 0.6) is 0 Å². The van der Waals surface area contributed by atoms with Crippen molar-refractivity contribution in [1.82, 2.24) is 15.1 Å². The van der Waals surface area contributed by atoms with Gasteiger partial charge in [0.25, 0.3) is 5.91 Å². The fraction of sp³-hybridized carbons (Fsp3) is 0.143. The molecule has 4 nitrogen and oxygen atoms in total. The summed E-state index contributed by atoms with van der Waals surface area (Å²) < 4.78 is 1.82. The Morgan fingerprint density at radius 3 is 2.44 bits per heavy atom. The summed E-state index contributed by atoms with van der Waals surface area (Å²) in [6.45, 7) is 1.96. The van der Waals surface area contributed by atoms with Gasteiger partial charge in [-0.2, -0.15) is 5.10 Å². The molecule has 4 aromatic rings. The SMILES string of the molecule is Cc1nn(C)c2sc(C(=O)NC(c3ccccc3)c3ccc(Cl)cc3)cc12. The summed E-state index contributed by atoms with van der Waals surface area (Å²) >= 11 is 7.49. The number of benzene rings is 2. The van der Waals surface area contributed by atoms with Crippen LogP contribution in [-0.4, -0.2) is 15.7 Å². The monoisotopic (exact) mass is 395 g/mol. The van der Waals surface area contributed by atoms with Crippen molar-refractivity contribution in [2.24, 2.45) is 7.05 Å². The van der Waals surface area contributed by atoms with Crippen molar-refractivity contribution in [3.63, 3.8) is 0 Å². The Hall–Kier alpha value is -2.63. The van der Waals surface area contributed by atoms with Crippen LogP contribution in [0.3, 0.4) is 0 Å². The van der Waals surface area contributed by atoms with Gasteiger partial charge in [0.2, 0.25) is 0 Å². The molecule has 1 N–H and O–H groups in total. The minimum absolute atomic E-state index is 0.0978. The molecule has 0 radical (unpaired) electrons. The summed E-state index contributed by atoms with van der Waals surface area (Å²) in [6, 6.07) is 19.2. The smallest absolute Gasteiger partial charge is 0.262 e. The van der Waals surface area contributed by atoms with Gasteiger partial charge in [0.05, 0.1) is 16.6 Å². The van der Waals surface area contributed by atoms with Crippen molar-refractivity contribution < 1.29 is 4.79 Å². The van der Waals surface area contributed by atoms with Crippen LogP contribution in [-0.2, 0) is 7.05 Å². The lowest BCUT2D eigenvalue weighted by molar-refractivity contribution is 0.0947. The highest BCUT2D eigenvalue weighted by Gasteiger charge is 2.20. The molecule has 0 spiro atoms. The number of aromatic nitrogens is 2. The van der Waals surface area contributed by atoms with Gasteiger partial charge in [0.1, 0.15) is 4.83 Å². The summed E-state index contributed by atoms with van der Waals surface area (Å²) in [5.41, 5.74) is 2.94. The minimum atomic E-state index is -0.250. The van der Waals surface area contributed by atoms with Crippen LogP contribution in [0.15, 0.2) is 60.7 Å². The molecule has 0 aliphatic rings. The summed E-state index contributed by atoms with van der Waals surface area (Å²) in [5, 5.41) is 9.27. The first-order valence-corrected chi connectivity index (χ1v) is 9.77. The maximum Gasteiger partial charge on any atom is 0.262 e. The largest absolute Gasteiger partial charge is 0.340 e. The van der Waals surface area contributed by atoms with Gasteiger partial charge in [0.15, 0.2) is 0 Å². The number of carbonyl (C=O) groups excluding carboxylic acids is 1. The second kappa shape index (κ2) is 7.18. The third kappa shape index (κ3) is 3.48. The Morgan fingerprint density at radius 2 is 1.78 bits per heavy atom. The number of nitrogens with zero attached hydrogens (tertiary/aromatic N) is 2. The average Bonchev–Trinajstić information content (AvgIpc) is 3.23. The number of nitrogens with one attached hydrogen (secondary N) is 1. The fourth-order valence-corrected chi connectivity index (χ4v) is 4.33. The van der Waals surface area contributed by atoms with Gasteiger partial charge in [-0.05, 0) is 36.2 Å². The number of fused-ring (bicyclic) bond motifs is 1. The zero-order chi connectivity index (χ0) is 19.0. The Balaban J connectivity index is 1.68. The molecule has 0 aliphatic heterocycles. The number of aryl methyl sites for hydroxylation is 2. The van der Waals surface area contributed by atoms with Crippen molar-refractivity contribution in [3.05, 3.63) is 87.4 Å². The van der Waals surface area contributed by atoms with E-state index in [0.717, 1.165) is 27.0 Å². The summed E-state index contributed by atoms with van der Waals surface area (Å²) in [7, 11) is 1.90. The van der Waals surface area contributed by atoms with Gasteiger partial charge in [-0.3, -0.25) is 9.48 Å². The molecule has 1 atom stereocenters. The van der Waals surface area contributed by atoms with Crippen molar-refractivity contribution in [1.29, 1.82) is 0 Å². The Bertz CT molecular complexity index is 1070. The van der Waals surface area contributed by atoms with Crippen LogP contribution in [0.1, 0.15) is 32.5 Å². The molecule has 0 saturated heterocycles. The van der Waals surface area contributed by atoms with Crippen LogP contribution in [0.2, 0.25) is 5.02 Å². The number of hydrogen-bond acceptors (Lipinski definition) is 3. The quantitative estimate of drug-likeness (QED) is 0.521.